The molecule has 78 valence electrons. The Kier molecular flexibility index (Phi) is 4.36. The van der Waals surface area contributed by atoms with Gasteiger partial charge in [-0.1, -0.05) is 24.6 Å². The number of hydrogen-bond donors (Lipinski definition) is 1. The van der Waals surface area contributed by atoms with Gasteiger partial charge in [-0.2, -0.15) is 0 Å². The monoisotopic (exact) mass is 215 g/mol. The molecule has 0 fully saturated rings. The van der Waals surface area contributed by atoms with E-state index in [1.54, 1.807) is 12.1 Å². The second kappa shape index (κ2) is 5.32. The molecule has 0 unspecified atom stereocenters. The van der Waals surface area contributed by atoms with E-state index in [0.717, 1.165) is 18.5 Å². The summed E-state index contributed by atoms with van der Waals surface area (Å²) in [5.41, 5.74) is 1.01. The smallest absolute Gasteiger partial charge is 0.141 e. The molecule has 1 N–H and O–H groups in total. The Balaban J connectivity index is 2.55. The summed E-state index contributed by atoms with van der Waals surface area (Å²) in [5.74, 6) is -0.362. The summed E-state index contributed by atoms with van der Waals surface area (Å²) in [5, 5.41) is 3.50. The molecule has 3 heteroatoms. The quantitative estimate of drug-likeness (QED) is 0.812. The zero-order chi connectivity index (χ0) is 10.6. The van der Waals surface area contributed by atoms with Gasteiger partial charge in [0.2, 0.25) is 0 Å². The summed E-state index contributed by atoms with van der Waals surface area (Å²) in [6, 6.07) is 5.28. The van der Waals surface area contributed by atoms with Crippen LogP contribution in [0, 0.1) is 5.82 Å². The average molecular weight is 216 g/mol. The van der Waals surface area contributed by atoms with E-state index in [9.17, 15) is 4.39 Å². The van der Waals surface area contributed by atoms with E-state index in [0.29, 0.717) is 6.04 Å². The van der Waals surface area contributed by atoms with Crippen molar-refractivity contribution in [3.8, 4) is 0 Å². The number of rotatable bonds is 4. The van der Waals surface area contributed by atoms with Crippen molar-refractivity contribution in [3.05, 3.63) is 34.6 Å². The summed E-state index contributed by atoms with van der Waals surface area (Å²) >= 11 is 5.66. The molecule has 1 aromatic carbocycles. The minimum Gasteiger partial charge on any atom is -0.310 e. The van der Waals surface area contributed by atoms with Crippen LogP contribution in [0.25, 0.3) is 0 Å². The Labute approximate surface area is 89.3 Å². The summed E-state index contributed by atoms with van der Waals surface area (Å²) in [7, 11) is 0. The van der Waals surface area contributed by atoms with Gasteiger partial charge in [-0.25, -0.2) is 4.39 Å². The van der Waals surface area contributed by atoms with Gasteiger partial charge in [0.25, 0.3) is 0 Å². The molecule has 1 nitrogen and oxygen atoms in total. The number of nitrogens with one attached hydrogen (secondary N) is 1. The summed E-state index contributed by atoms with van der Waals surface area (Å²) in [6.45, 7) is 4.97. The van der Waals surface area contributed by atoms with Gasteiger partial charge in [0, 0.05) is 12.6 Å². The van der Waals surface area contributed by atoms with Crippen LogP contribution in [0.4, 0.5) is 4.39 Å². The third kappa shape index (κ3) is 3.28. The Morgan fingerprint density at radius 1 is 1.50 bits per heavy atom. The summed E-state index contributed by atoms with van der Waals surface area (Å²) in [6.07, 6.45) is 1.08. The molecule has 0 aliphatic rings. The first kappa shape index (κ1) is 11.5. The molecule has 0 bridgehead atoms. The second-order valence-electron chi connectivity index (χ2n) is 3.44. The zero-order valence-corrected chi connectivity index (χ0v) is 9.24. The first-order valence-corrected chi connectivity index (χ1v) is 5.18. The van der Waals surface area contributed by atoms with Crippen LogP contribution in [0.1, 0.15) is 25.8 Å². The molecule has 0 saturated carbocycles. The van der Waals surface area contributed by atoms with Gasteiger partial charge in [-0.15, -0.1) is 0 Å². The van der Waals surface area contributed by atoms with E-state index in [2.05, 4.69) is 19.2 Å². The van der Waals surface area contributed by atoms with Crippen molar-refractivity contribution >= 4 is 11.6 Å². The van der Waals surface area contributed by atoms with Gasteiger partial charge in [-0.3, -0.25) is 0 Å². The van der Waals surface area contributed by atoms with Crippen LogP contribution in [0.15, 0.2) is 18.2 Å². The van der Waals surface area contributed by atoms with Crippen LogP contribution in [-0.4, -0.2) is 6.04 Å². The molecule has 1 atom stereocenters. The maximum Gasteiger partial charge on any atom is 0.141 e. The predicted octanol–water partition coefficient (Wildman–Crippen LogP) is 3.37. The molecular formula is C11H15ClFN. The summed E-state index contributed by atoms with van der Waals surface area (Å²) in [4.78, 5) is 0. The maximum absolute atomic E-state index is 12.8. The molecule has 0 heterocycles. The lowest BCUT2D eigenvalue weighted by Crippen LogP contribution is -2.24. The van der Waals surface area contributed by atoms with E-state index in [1.165, 1.54) is 6.07 Å². The Hall–Kier alpha value is -0.600. The topological polar surface area (TPSA) is 12.0 Å². The van der Waals surface area contributed by atoms with Crippen LogP contribution in [0.2, 0.25) is 5.02 Å². The first-order chi connectivity index (χ1) is 6.63. The molecule has 14 heavy (non-hydrogen) atoms. The van der Waals surface area contributed by atoms with Crippen molar-refractivity contribution in [2.45, 2.75) is 32.9 Å². The largest absolute Gasteiger partial charge is 0.310 e. The van der Waals surface area contributed by atoms with E-state index in [-0.39, 0.29) is 10.8 Å². The third-order valence-corrected chi connectivity index (χ3v) is 2.54. The Morgan fingerprint density at radius 3 is 2.79 bits per heavy atom. The Bertz CT molecular complexity index is 301. The highest BCUT2D eigenvalue weighted by Crippen LogP contribution is 2.15. The third-order valence-electron chi connectivity index (χ3n) is 2.25. The highest BCUT2D eigenvalue weighted by atomic mass is 35.5. The summed E-state index contributed by atoms with van der Waals surface area (Å²) < 4.78 is 12.8. The lowest BCUT2D eigenvalue weighted by molar-refractivity contribution is 0.533. The van der Waals surface area contributed by atoms with E-state index in [1.807, 2.05) is 0 Å². The predicted molar refractivity (Wildman–Crippen MR) is 58.0 cm³/mol. The molecule has 1 aromatic rings. The molecule has 0 aliphatic carbocycles. The fraction of sp³-hybridized carbons (Fsp3) is 0.455. The van der Waals surface area contributed by atoms with Gasteiger partial charge in [0.1, 0.15) is 5.82 Å². The normalized spacial score (nSPS) is 12.9. The zero-order valence-electron chi connectivity index (χ0n) is 8.48. The molecule has 0 aromatic heterocycles. The molecule has 0 saturated heterocycles. The van der Waals surface area contributed by atoms with Crippen molar-refractivity contribution in [3.63, 3.8) is 0 Å². The number of hydrogen-bond acceptors (Lipinski definition) is 1. The van der Waals surface area contributed by atoms with Gasteiger partial charge >= 0.3 is 0 Å². The average Bonchev–Trinajstić information content (AvgIpc) is 2.19. The lowest BCUT2D eigenvalue weighted by atomic mass is 10.2. The van der Waals surface area contributed by atoms with Crippen molar-refractivity contribution in [1.82, 2.24) is 5.32 Å². The van der Waals surface area contributed by atoms with Crippen molar-refractivity contribution in [2.24, 2.45) is 0 Å². The van der Waals surface area contributed by atoms with Crippen molar-refractivity contribution < 1.29 is 4.39 Å². The maximum atomic E-state index is 12.8. The van der Waals surface area contributed by atoms with Gasteiger partial charge < -0.3 is 5.32 Å². The highest BCUT2D eigenvalue weighted by Gasteiger charge is 2.02. The van der Waals surface area contributed by atoms with Gasteiger partial charge in [0.05, 0.1) is 5.02 Å². The SMILES string of the molecule is CC[C@@H](C)NCc1ccc(F)c(Cl)c1. The van der Waals surface area contributed by atoms with Crippen molar-refractivity contribution in [2.75, 3.05) is 0 Å². The van der Waals surface area contributed by atoms with Gasteiger partial charge in [0.15, 0.2) is 0 Å². The molecule has 1 rings (SSSR count). The van der Waals surface area contributed by atoms with Crippen LogP contribution >= 0.6 is 11.6 Å². The van der Waals surface area contributed by atoms with Crippen LogP contribution in [0.5, 0.6) is 0 Å². The lowest BCUT2D eigenvalue weighted by Gasteiger charge is -2.11. The fourth-order valence-electron chi connectivity index (χ4n) is 1.09. The van der Waals surface area contributed by atoms with Crippen molar-refractivity contribution in [1.29, 1.82) is 0 Å². The highest BCUT2D eigenvalue weighted by molar-refractivity contribution is 6.30. The van der Waals surface area contributed by atoms with Crippen LogP contribution in [-0.2, 0) is 6.54 Å². The standard InChI is InChI=1S/C11H15ClFN/c1-3-8(2)14-7-9-4-5-11(13)10(12)6-9/h4-6,8,14H,3,7H2,1-2H3/t8-/m1/s1. The molecule has 0 radical (unpaired) electrons. The fourth-order valence-corrected chi connectivity index (χ4v) is 1.29. The Morgan fingerprint density at radius 2 is 2.21 bits per heavy atom. The van der Waals surface area contributed by atoms with E-state index >= 15 is 0 Å². The molecular weight excluding hydrogens is 201 g/mol. The van der Waals surface area contributed by atoms with Gasteiger partial charge in [-0.05, 0) is 31.0 Å². The number of halogens is 2. The van der Waals surface area contributed by atoms with Crippen LogP contribution in [0.3, 0.4) is 0 Å². The minimum atomic E-state index is -0.362. The first-order valence-electron chi connectivity index (χ1n) is 4.80. The molecule has 0 aliphatic heterocycles. The van der Waals surface area contributed by atoms with E-state index < -0.39 is 0 Å². The van der Waals surface area contributed by atoms with E-state index in [4.69, 9.17) is 11.6 Å². The number of benzene rings is 1. The second-order valence-corrected chi connectivity index (χ2v) is 3.85. The minimum absolute atomic E-state index is 0.188. The van der Waals surface area contributed by atoms with Crippen LogP contribution < -0.4 is 5.32 Å². The molecule has 0 amide bonds. The molecule has 0 spiro atoms.